The summed E-state index contributed by atoms with van der Waals surface area (Å²) in [4.78, 5) is 0. The molecule has 0 nitrogen and oxygen atoms in total. The fraction of sp³-hybridized carbons (Fsp3) is 0.938. The quantitative estimate of drug-likeness (QED) is 0.558. The monoisotopic (exact) mass is 223 g/mol. The Balaban J connectivity index is 2.19. The van der Waals surface area contributed by atoms with Crippen LogP contribution in [0.2, 0.25) is 0 Å². The molecule has 0 spiro atoms. The van der Waals surface area contributed by atoms with Gasteiger partial charge in [0, 0.05) is 0 Å². The van der Waals surface area contributed by atoms with Gasteiger partial charge in [0.1, 0.15) is 0 Å². The molecule has 0 unspecified atom stereocenters. The smallest absolute Gasteiger partial charge is 0.0414 e. The van der Waals surface area contributed by atoms with Crippen LogP contribution >= 0.6 is 0 Å². The Bertz CT molecular complexity index is 127. The molecule has 0 aliphatic heterocycles. The van der Waals surface area contributed by atoms with Crippen LogP contribution in [-0.4, -0.2) is 0 Å². The SMILES string of the molecule is [CH2]CCCC1CCCCCCCCCCC1. The van der Waals surface area contributed by atoms with Gasteiger partial charge in [-0.25, -0.2) is 0 Å². The first-order valence-electron chi connectivity index (χ1n) is 7.72. The lowest BCUT2D eigenvalue weighted by atomic mass is 9.89. The van der Waals surface area contributed by atoms with Crippen LogP contribution in [0.5, 0.6) is 0 Å². The summed E-state index contributed by atoms with van der Waals surface area (Å²) in [6, 6.07) is 0. The van der Waals surface area contributed by atoms with Gasteiger partial charge >= 0.3 is 0 Å². The van der Waals surface area contributed by atoms with Crippen LogP contribution < -0.4 is 0 Å². The van der Waals surface area contributed by atoms with E-state index in [0.29, 0.717) is 0 Å². The maximum absolute atomic E-state index is 3.97. The van der Waals surface area contributed by atoms with Crippen molar-refractivity contribution in [2.45, 2.75) is 89.9 Å². The third-order valence-electron chi connectivity index (χ3n) is 4.09. The van der Waals surface area contributed by atoms with E-state index in [0.717, 1.165) is 12.3 Å². The maximum atomic E-state index is 3.97. The molecule has 1 rings (SSSR count). The zero-order valence-electron chi connectivity index (χ0n) is 11.2. The van der Waals surface area contributed by atoms with E-state index in [1.165, 1.54) is 83.5 Å². The van der Waals surface area contributed by atoms with Gasteiger partial charge in [-0.1, -0.05) is 96.8 Å². The Labute approximate surface area is 103 Å². The molecule has 1 aliphatic carbocycles. The summed E-state index contributed by atoms with van der Waals surface area (Å²) < 4.78 is 0. The van der Waals surface area contributed by atoms with E-state index in [-0.39, 0.29) is 0 Å². The summed E-state index contributed by atoms with van der Waals surface area (Å²) in [6.07, 6.45) is 20.3. The van der Waals surface area contributed by atoms with E-state index < -0.39 is 0 Å². The molecule has 0 aromatic heterocycles. The van der Waals surface area contributed by atoms with Gasteiger partial charge in [-0.05, 0) is 5.92 Å². The number of unbranched alkanes of at least 4 members (excludes halogenated alkanes) is 1. The molecular formula is C16H31. The standard InChI is InChI=1S/C16H31/c1-2-3-13-16-14-11-9-7-5-4-6-8-10-12-15-16/h16H,1-15H2. The third-order valence-corrected chi connectivity index (χ3v) is 4.09. The van der Waals surface area contributed by atoms with E-state index in [1.807, 2.05) is 0 Å². The molecule has 1 saturated carbocycles. The highest BCUT2D eigenvalue weighted by molar-refractivity contribution is 4.62. The highest BCUT2D eigenvalue weighted by atomic mass is 14.1. The molecular weight excluding hydrogens is 192 g/mol. The number of hydrogen-bond donors (Lipinski definition) is 0. The lowest BCUT2D eigenvalue weighted by molar-refractivity contribution is 0.367. The Morgan fingerprint density at radius 2 is 1.12 bits per heavy atom. The van der Waals surface area contributed by atoms with E-state index in [2.05, 4.69) is 6.92 Å². The molecule has 0 aromatic carbocycles. The summed E-state index contributed by atoms with van der Waals surface area (Å²) in [5.74, 6) is 1.03. The van der Waals surface area contributed by atoms with Crippen LogP contribution in [0.3, 0.4) is 0 Å². The van der Waals surface area contributed by atoms with Crippen molar-refractivity contribution in [3.05, 3.63) is 6.92 Å². The van der Waals surface area contributed by atoms with Gasteiger partial charge in [0.15, 0.2) is 0 Å². The molecule has 0 N–H and O–H groups in total. The van der Waals surface area contributed by atoms with Gasteiger partial charge in [0.25, 0.3) is 0 Å². The van der Waals surface area contributed by atoms with Gasteiger partial charge in [-0.2, -0.15) is 0 Å². The van der Waals surface area contributed by atoms with Crippen molar-refractivity contribution in [1.82, 2.24) is 0 Å². The van der Waals surface area contributed by atoms with Crippen molar-refractivity contribution in [3.63, 3.8) is 0 Å². The van der Waals surface area contributed by atoms with E-state index in [4.69, 9.17) is 0 Å². The van der Waals surface area contributed by atoms with Crippen LogP contribution in [0.15, 0.2) is 0 Å². The zero-order valence-corrected chi connectivity index (χ0v) is 11.2. The number of rotatable bonds is 3. The van der Waals surface area contributed by atoms with Crippen LogP contribution in [0.4, 0.5) is 0 Å². The molecule has 0 saturated heterocycles. The highest BCUT2D eigenvalue weighted by Crippen LogP contribution is 2.24. The van der Waals surface area contributed by atoms with Gasteiger partial charge < -0.3 is 0 Å². The van der Waals surface area contributed by atoms with Crippen LogP contribution in [-0.2, 0) is 0 Å². The highest BCUT2D eigenvalue weighted by Gasteiger charge is 2.08. The second-order valence-electron chi connectivity index (χ2n) is 5.62. The predicted molar refractivity (Wildman–Crippen MR) is 73.5 cm³/mol. The molecule has 0 heteroatoms. The number of hydrogen-bond acceptors (Lipinski definition) is 0. The van der Waals surface area contributed by atoms with Crippen molar-refractivity contribution in [3.8, 4) is 0 Å². The molecule has 16 heavy (non-hydrogen) atoms. The van der Waals surface area contributed by atoms with Crippen molar-refractivity contribution in [2.75, 3.05) is 0 Å². The molecule has 0 bridgehead atoms. The van der Waals surface area contributed by atoms with Crippen molar-refractivity contribution in [1.29, 1.82) is 0 Å². The Kier molecular flexibility index (Phi) is 8.94. The van der Waals surface area contributed by atoms with Gasteiger partial charge in [-0.3, -0.25) is 0 Å². The van der Waals surface area contributed by atoms with Gasteiger partial charge in [0.2, 0.25) is 0 Å². The Hall–Kier alpha value is 0. The van der Waals surface area contributed by atoms with Gasteiger partial charge in [0.05, 0.1) is 0 Å². The lowest BCUT2D eigenvalue weighted by Gasteiger charge is -2.17. The van der Waals surface area contributed by atoms with E-state index in [9.17, 15) is 0 Å². The minimum Gasteiger partial charge on any atom is -0.0533 e. The average Bonchev–Trinajstić information content (AvgIpc) is 2.28. The van der Waals surface area contributed by atoms with Crippen molar-refractivity contribution < 1.29 is 0 Å². The molecule has 95 valence electrons. The minimum absolute atomic E-state index is 1.03. The molecule has 0 heterocycles. The summed E-state index contributed by atoms with van der Waals surface area (Å²) in [6.45, 7) is 3.97. The second kappa shape index (κ2) is 10.2. The van der Waals surface area contributed by atoms with Crippen molar-refractivity contribution >= 4 is 0 Å². The van der Waals surface area contributed by atoms with Gasteiger partial charge in [-0.15, -0.1) is 0 Å². The average molecular weight is 223 g/mol. The second-order valence-corrected chi connectivity index (χ2v) is 5.62. The topological polar surface area (TPSA) is 0 Å². The Morgan fingerprint density at radius 3 is 1.56 bits per heavy atom. The first kappa shape index (κ1) is 14.1. The molecule has 1 aliphatic rings. The summed E-state index contributed by atoms with van der Waals surface area (Å²) in [5, 5.41) is 0. The summed E-state index contributed by atoms with van der Waals surface area (Å²) in [7, 11) is 0. The van der Waals surface area contributed by atoms with Crippen LogP contribution in [0.25, 0.3) is 0 Å². The zero-order chi connectivity index (χ0) is 11.5. The molecule has 0 atom stereocenters. The maximum Gasteiger partial charge on any atom is -0.0414 e. The van der Waals surface area contributed by atoms with Crippen LogP contribution in [0.1, 0.15) is 89.9 Å². The minimum atomic E-state index is 1.03. The summed E-state index contributed by atoms with van der Waals surface area (Å²) in [5.41, 5.74) is 0. The van der Waals surface area contributed by atoms with E-state index in [1.54, 1.807) is 0 Å². The first-order chi connectivity index (χ1) is 7.93. The normalized spacial score (nSPS) is 22.3. The fourth-order valence-corrected chi connectivity index (χ4v) is 2.97. The molecule has 0 amide bonds. The predicted octanol–water partition coefficient (Wildman–Crippen LogP) is 5.91. The third kappa shape index (κ3) is 7.30. The van der Waals surface area contributed by atoms with Crippen molar-refractivity contribution in [2.24, 2.45) is 5.92 Å². The van der Waals surface area contributed by atoms with Crippen LogP contribution in [0, 0.1) is 12.8 Å². The first-order valence-corrected chi connectivity index (χ1v) is 7.72. The molecule has 1 fully saturated rings. The molecule has 0 aromatic rings. The largest absolute Gasteiger partial charge is 0.0533 e. The summed E-state index contributed by atoms with van der Waals surface area (Å²) >= 11 is 0. The molecule has 1 radical (unpaired) electrons. The fourth-order valence-electron chi connectivity index (χ4n) is 2.97. The van der Waals surface area contributed by atoms with E-state index >= 15 is 0 Å². The lowest BCUT2D eigenvalue weighted by Crippen LogP contribution is -2.01. The Morgan fingerprint density at radius 1 is 0.688 bits per heavy atom.